The van der Waals surface area contributed by atoms with Gasteiger partial charge in [-0.2, -0.15) is 0 Å². The van der Waals surface area contributed by atoms with Crippen molar-refractivity contribution in [3.63, 3.8) is 0 Å². The molecular formula is C26H29ClN4O2. The molecule has 2 heterocycles. The number of nitrogens with zero attached hydrogens (tertiary/aromatic N) is 3. The number of pyridine rings is 1. The molecule has 1 aliphatic heterocycles. The van der Waals surface area contributed by atoms with Crippen LogP contribution in [0, 0.1) is 5.92 Å². The molecule has 33 heavy (non-hydrogen) atoms. The first kappa shape index (κ1) is 23.1. The minimum Gasteiger partial charge on any atom is -0.422 e. The Morgan fingerprint density at radius 2 is 1.76 bits per heavy atom. The summed E-state index contributed by atoms with van der Waals surface area (Å²) in [7, 11) is 0. The van der Waals surface area contributed by atoms with Crippen LogP contribution in [-0.2, 0) is 11.3 Å². The zero-order chi connectivity index (χ0) is 23.2. The highest BCUT2D eigenvalue weighted by molar-refractivity contribution is 6.33. The number of hydrogen-bond acceptors (Lipinski definition) is 6. The molecule has 0 saturated carbocycles. The third-order valence-electron chi connectivity index (χ3n) is 5.62. The summed E-state index contributed by atoms with van der Waals surface area (Å²) in [5.74, 6) is 0.851. The molecule has 1 aromatic heterocycles. The second-order valence-corrected chi connectivity index (χ2v) is 8.87. The van der Waals surface area contributed by atoms with Gasteiger partial charge in [-0.1, -0.05) is 49.7 Å². The normalized spacial score (nSPS) is 14.4. The summed E-state index contributed by atoms with van der Waals surface area (Å²) in [5.41, 5.74) is 3.17. The van der Waals surface area contributed by atoms with Gasteiger partial charge in [-0.3, -0.25) is 9.69 Å². The molecule has 0 spiro atoms. The number of carbonyl (C=O) groups excluding carboxylic acids is 1. The van der Waals surface area contributed by atoms with Gasteiger partial charge in [0.05, 0.1) is 16.6 Å². The van der Waals surface area contributed by atoms with Gasteiger partial charge in [0.25, 0.3) is 0 Å². The molecule has 1 saturated heterocycles. The number of rotatable bonds is 7. The first-order chi connectivity index (χ1) is 16.0. The number of para-hydroxylation sites is 1. The first-order valence-electron chi connectivity index (χ1n) is 11.2. The first-order valence-corrected chi connectivity index (χ1v) is 11.6. The molecule has 172 valence electrons. The number of esters is 1. The van der Waals surface area contributed by atoms with E-state index in [0.717, 1.165) is 49.9 Å². The maximum absolute atomic E-state index is 12.1. The highest BCUT2D eigenvalue weighted by Crippen LogP contribution is 2.28. The SMILES string of the molecule is CC(C)C(=O)Oc1cccnc1N1CCN(Cc2ccc(Nc3ccccc3Cl)cc2)CC1. The largest absolute Gasteiger partial charge is 0.422 e. The Labute approximate surface area is 200 Å². The molecule has 7 heteroatoms. The van der Waals surface area contributed by atoms with E-state index in [1.807, 2.05) is 44.2 Å². The highest BCUT2D eigenvalue weighted by Gasteiger charge is 2.22. The third kappa shape index (κ3) is 6.03. The fraction of sp³-hybridized carbons (Fsp3) is 0.308. The van der Waals surface area contributed by atoms with E-state index >= 15 is 0 Å². The van der Waals surface area contributed by atoms with Crippen LogP contribution in [0.4, 0.5) is 17.2 Å². The summed E-state index contributed by atoms with van der Waals surface area (Å²) in [4.78, 5) is 21.2. The molecule has 1 aliphatic rings. The number of nitrogens with one attached hydrogen (secondary N) is 1. The van der Waals surface area contributed by atoms with Crippen LogP contribution in [0.5, 0.6) is 5.75 Å². The number of ether oxygens (including phenoxy) is 1. The number of piperazine rings is 1. The van der Waals surface area contributed by atoms with E-state index in [9.17, 15) is 4.79 Å². The summed E-state index contributed by atoms with van der Waals surface area (Å²) in [5, 5.41) is 4.06. The van der Waals surface area contributed by atoms with Crippen molar-refractivity contribution >= 4 is 34.8 Å². The average Bonchev–Trinajstić information content (AvgIpc) is 2.83. The number of aromatic nitrogens is 1. The summed E-state index contributed by atoms with van der Waals surface area (Å²) in [6, 6.07) is 19.8. The molecule has 0 bridgehead atoms. The molecule has 0 aliphatic carbocycles. The van der Waals surface area contributed by atoms with E-state index < -0.39 is 0 Å². The molecule has 0 amide bonds. The number of halogens is 1. The maximum atomic E-state index is 12.1. The lowest BCUT2D eigenvalue weighted by Gasteiger charge is -2.35. The van der Waals surface area contributed by atoms with Gasteiger partial charge in [-0.05, 0) is 42.0 Å². The summed E-state index contributed by atoms with van der Waals surface area (Å²) >= 11 is 6.24. The van der Waals surface area contributed by atoms with Gasteiger partial charge < -0.3 is 15.0 Å². The molecule has 3 aromatic rings. The Morgan fingerprint density at radius 1 is 1.03 bits per heavy atom. The lowest BCUT2D eigenvalue weighted by atomic mass is 10.1. The Hall–Kier alpha value is -3.09. The van der Waals surface area contributed by atoms with Crippen LogP contribution in [0.15, 0.2) is 66.9 Å². The van der Waals surface area contributed by atoms with Crippen molar-refractivity contribution in [2.24, 2.45) is 5.92 Å². The van der Waals surface area contributed by atoms with E-state index in [4.69, 9.17) is 16.3 Å². The highest BCUT2D eigenvalue weighted by atomic mass is 35.5. The molecule has 1 N–H and O–H groups in total. The van der Waals surface area contributed by atoms with Crippen molar-refractivity contribution in [3.8, 4) is 5.75 Å². The standard InChI is InChI=1S/C26H29ClN4O2/c1-19(2)26(32)33-24-8-5-13-28-25(24)31-16-14-30(15-17-31)18-20-9-11-21(12-10-20)29-23-7-4-3-6-22(23)27/h3-13,19,29H,14-18H2,1-2H3. The zero-order valence-corrected chi connectivity index (χ0v) is 19.8. The molecule has 0 radical (unpaired) electrons. The molecule has 4 rings (SSSR count). The van der Waals surface area contributed by atoms with E-state index in [1.165, 1.54) is 5.56 Å². The van der Waals surface area contributed by atoms with Crippen LogP contribution >= 0.6 is 11.6 Å². The quantitative estimate of drug-likeness (QED) is 0.475. The minimum atomic E-state index is -0.240. The number of anilines is 3. The van der Waals surface area contributed by atoms with Crippen LogP contribution in [-0.4, -0.2) is 42.0 Å². The van der Waals surface area contributed by atoms with Crippen molar-refractivity contribution in [1.82, 2.24) is 9.88 Å². The number of hydrogen-bond donors (Lipinski definition) is 1. The molecular weight excluding hydrogens is 436 g/mol. The van der Waals surface area contributed by atoms with Crippen molar-refractivity contribution in [1.29, 1.82) is 0 Å². The Bertz CT molecular complexity index is 1080. The van der Waals surface area contributed by atoms with Crippen LogP contribution in [0.1, 0.15) is 19.4 Å². The summed E-state index contributed by atoms with van der Waals surface area (Å²) < 4.78 is 5.57. The third-order valence-corrected chi connectivity index (χ3v) is 5.95. The van der Waals surface area contributed by atoms with E-state index in [0.29, 0.717) is 10.8 Å². The zero-order valence-electron chi connectivity index (χ0n) is 19.0. The van der Waals surface area contributed by atoms with Gasteiger partial charge >= 0.3 is 5.97 Å². The van der Waals surface area contributed by atoms with Crippen molar-refractivity contribution < 1.29 is 9.53 Å². The Balaban J connectivity index is 1.32. The van der Waals surface area contributed by atoms with E-state index in [-0.39, 0.29) is 11.9 Å². The Morgan fingerprint density at radius 3 is 2.45 bits per heavy atom. The fourth-order valence-electron chi connectivity index (χ4n) is 3.71. The second-order valence-electron chi connectivity index (χ2n) is 8.47. The summed E-state index contributed by atoms with van der Waals surface area (Å²) in [6.07, 6.45) is 1.74. The van der Waals surface area contributed by atoms with E-state index in [2.05, 4.69) is 44.4 Å². The lowest BCUT2D eigenvalue weighted by molar-refractivity contribution is -0.137. The predicted molar refractivity (Wildman–Crippen MR) is 133 cm³/mol. The van der Waals surface area contributed by atoms with Crippen LogP contribution in [0.3, 0.4) is 0 Å². The fourth-order valence-corrected chi connectivity index (χ4v) is 3.90. The molecule has 1 fully saturated rings. The van der Waals surface area contributed by atoms with Crippen LogP contribution in [0.25, 0.3) is 0 Å². The topological polar surface area (TPSA) is 57.7 Å². The lowest BCUT2D eigenvalue weighted by Crippen LogP contribution is -2.46. The van der Waals surface area contributed by atoms with Crippen molar-refractivity contribution in [2.75, 3.05) is 36.4 Å². The smallest absolute Gasteiger partial charge is 0.313 e. The number of carbonyl (C=O) groups is 1. The number of benzene rings is 2. The van der Waals surface area contributed by atoms with Crippen molar-refractivity contribution in [2.45, 2.75) is 20.4 Å². The molecule has 6 nitrogen and oxygen atoms in total. The molecule has 0 atom stereocenters. The minimum absolute atomic E-state index is 0.179. The van der Waals surface area contributed by atoms with Crippen molar-refractivity contribution in [3.05, 3.63) is 77.4 Å². The van der Waals surface area contributed by atoms with Gasteiger partial charge in [-0.15, -0.1) is 0 Å². The Kier molecular flexibility index (Phi) is 7.47. The van der Waals surface area contributed by atoms with Gasteiger partial charge in [0.15, 0.2) is 11.6 Å². The predicted octanol–water partition coefficient (Wildman–Crippen LogP) is 5.36. The maximum Gasteiger partial charge on any atom is 0.313 e. The van der Waals surface area contributed by atoms with E-state index in [1.54, 1.807) is 12.3 Å². The second kappa shape index (κ2) is 10.7. The van der Waals surface area contributed by atoms with Crippen LogP contribution < -0.4 is 15.0 Å². The average molecular weight is 465 g/mol. The molecule has 0 unspecified atom stereocenters. The summed E-state index contributed by atoms with van der Waals surface area (Å²) in [6.45, 7) is 8.02. The monoisotopic (exact) mass is 464 g/mol. The molecule has 2 aromatic carbocycles. The van der Waals surface area contributed by atoms with Gasteiger partial charge in [0, 0.05) is 44.6 Å². The van der Waals surface area contributed by atoms with Crippen LogP contribution in [0.2, 0.25) is 5.02 Å². The van der Waals surface area contributed by atoms with Gasteiger partial charge in [0.2, 0.25) is 0 Å². The van der Waals surface area contributed by atoms with Gasteiger partial charge in [-0.25, -0.2) is 4.98 Å². The van der Waals surface area contributed by atoms with Gasteiger partial charge in [0.1, 0.15) is 0 Å².